The number of amides is 3. The molecule has 3 rings (SSSR count). The highest BCUT2D eigenvalue weighted by molar-refractivity contribution is 9.10. The van der Waals surface area contributed by atoms with Crippen LogP contribution in [0, 0.1) is 6.92 Å². The van der Waals surface area contributed by atoms with Gasteiger partial charge in [0.1, 0.15) is 5.75 Å². The molecule has 0 spiro atoms. The molecule has 0 atom stereocenters. The summed E-state index contributed by atoms with van der Waals surface area (Å²) in [6.07, 6.45) is 3.04. The van der Waals surface area contributed by atoms with E-state index in [-0.39, 0.29) is 18.6 Å². The van der Waals surface area contributed by atoms with Gasteiger partial charge in [0.25, 0.3) is 5.91 Å². The Balaban J connectivity index is 1.57. The van der Waals surface area contributed by atoms with Crippen molar-refractivity contribution in [1.82, 2.24) is 10.7 Å². The van der Waals surface area contributed by atoms with Crippen LogP contribution in [-0.2, 0) is 14.4 Å². The average molecular weight is 508 g/mol. The summed E-state index contributed by atoms with van der Waals surface area (Å²) < 4.78 is 6.51. The lowest BCUT2D eigenvalue weighted by Crippen LogP contribution is -2.38. The van der Waals surface area contributed by atoms with Gasteiger partial charge in [0, 0.05) is 26.8 Å². The van der Waals surface area contributed by atoms with Crippen LogP contribution in [0.2, 0.25) is 5.02 Å². The number of carbonyl (C=O) groups excluding carboxylic acids is 3. The zero-order valence-corrected chi connectivity index (χ0v) is 18.9. The minimum Gasteiger partial charge on any atom is -0.483 e. The molecule has 31 heavy (non-hydrogen) atoms. The van der Waals surface area contributed by atoms with Gasteiger partial charge in [0.15, 0.2) is 6.61 Å². The second-order valence-corrected chi connectivity index (χ2v) is 8.28. The standard InChI is InChI=1S/C21H20BrClN4O4/c1-12-8-14(22)2-6-17(12)26-19(28)11-31-18-7-3-15(23)9-13(18)10-24-27-21(30)20(29)25-16-4-5-16/h2-3,6-10,16H,4-5,11H2,1H3,(H,25,29)(H,26,28)(H,27,30)/b24-10-. The normalized spacial score (nSPS) is 13.0. The minimum atomic E-state index is -0.864. The third-order valence-electron chi connectivity index (χ3n) is 4.28. The summed E-state index contributed by atoms with van der Waals surface area (Å²) in [4.78, 5) is 35.6. The molecule has 0 aromatic heterocycles. The fraction of sp³-hybridized carbons (Fsp3) is 0.238. The molecule has 162 valence electrons. The zero-order chi connectivity index (χ0) is 22.4. The van der Waals surface area contributed by atoms with Crippen LogP contribution in [0.25, 0.3) is 0 Å². The first-order valence-electron chi connectivity index (χ1n) is 9.44. The number of ether oxygens (including phenoxy) is 1. The predicted octanol–water partition coefficient (Wildman–Crippen LogP) is 3.16. The van der Waals surface area contributed by atoms with Gasteiger partial charge in [-0.05, 0) is 61.7 Å². The maximum Gasteiger partial charge on any atom is 0.329 e. The maximum atomic E-state index is 12.3. The number of hydrogen-bond donors (Lipinski definition) is 3. The Morgan fingerprint density at radius 1 is 1.19 bits per heavy atom. The van der Waals surface area contributed by atoms with Gasteiger partial charge in [-0.1, -0.05) is 27.5 Å². The van der Waals surface area contributed by atoms with Gasteiger partial charge < -0.3 is 15.4 Å². The van der Waals surface area contributed by atoms with Crippen molar-refractivity contribution in [1.29, 1.82) is 0 Å². The van der Waals surface area contributed by atoms with E-state index >= 15 is 0 Å². The summed E-state index contributed by atoms with van der Waals surface area (Å²) in [7, 11) is 0. The van der Waals surface area contributed by atoms with Gasteiger partial charge in [0.05, 0.1) is 6.21 Å². The molecule has 2 aromatic carbocycles. The van der Waals surface area contributed by atoms with E-state index in [0.29, 0.717) is 22.0 Å². The lowest BCUT2D eigenvalue weighted by Gasteiger charge is -2.11. The molecule has 3 amide bonds. The van der Waals surface area contributed by atoms with Crippen LogP contribution in [0.4, 0.5) is 5.69 Å². The Bertz CT molecular complexity index is 1040. The Labute approximate surface area is 192 Å². The summed E-state index contributed by atoms with van der Waals surface area (Å²) >= 11 is 9.40. The monoisotopic (exact) mass is 506 g/mol. The van der Waals surface area contributed by atoms with Crippen LogP contribution < -0.4 is 20.8 Å². The molecular weight excluding hydrogens is 488 g/mol. The van der Waals surface area contributed by atoms with E-state index in [0.717, 1.165) is 22.9 Å². The van der Waals surface area contributed by atoms with Crippen molar-refractivity contribution in [2.45, 2.75) is 25.8 Å². The van der Waals surface area contributed by atoms with E-state index in [1.807, 2.05) is 19.1 Å². The zero-order valence-electron chi connectivity index (χ0n) is 16.6. The molecule has 0 radical (unpaired) electrons. The first-order valence-corrected chi connectivity index (χ1v) is 10.6. The van der Waals surface area contributed by atoms with Crippen molar-refractivity contribution >= 4 is 57.2 Å². The van der Waals surface area contributed by atoms with E-state index in [4.69, 9.17) is 16.3 Å². The second-order valence-electron chi connectivity index (χ2n) is 6.93. The van der Waals surface area contributed by atoms with E-state index in [9.17, 15) is 14.4 Å². The number of aryl methyl sites for hydroxylation is 1. The molecule has 0 saturated heterocycles. The van der Waals surface area contributed by atoms with Gasteiger partial charge in [-0.25, -0.2) is 5.43 Å². The molecule has 1 aliphatic carbocycles. The molecule has 2 aromatic rings. The van der Waals surface area contributed by atoms with Crippen LogP contribution in [0.1, 0.15) is 24.0 Å². The number of rotatable bonds is 7. The molecule has 8 nitrogen and oxygen atoms in total. The Morgan fingerprint density at radius 3 is 2.68 bits per heavy atom. The number of benzene rings is 2. The molecule has 10 heteroatoms. The third kappa shape index (κ3) is 7.08. The van der Waals surface area contributed by atoms with Crippen molar-refractivity contribution in [3.8, 4) is 5.75 Å². The highest BCUT2D eigenvalue weighted by atomic mass is 79.9. The van der Waals surface area contributed by atoms with Gasteiger partial charge in [-0.3, -0.25) is 14.4 Å². The minimum absolute atomic E-state index is 0.0718. The molecule has 1 fully saturated rings. The molecule has 3 N–H and O–H groups in total. The van der Waals surface area contributed by atoms with Crippen LogP contribution in [0.15, 0.2) is 46.0 Å². The molecule has 0 bridgehead atoms. The van der Waals surface area contributed by atoms with E-state index in [2.05, 4.69) is 37.1 Å². The third-order valence-corrected chi connectivity index (χ3v) is 5.01. The smallest absolute Gasteiger partial charge is 0.329 e. The lowest BCUT2D eigenvalue weighted by molar-refractivity contribution is -0.139. The van der Waals surface area contributed by atoms with Gasteiger partial charge >= 0.3 is 11.8 Å². The van der Waals surface area contributed by atoms with Crippen LogP contribution in [0.5, 0.6) is 5.75 Å². The topological polar surface area (TPSA) is 109 Å². The van der Waals surface area contributed by atoms with Crippen molar-refractivity contribution in [2.24, 2.45) is 5.10 Å². The summed E-state index contributed by atoms with van der Waals surface area (Å²) in [6, 6.07) is 10.3. The van der Waals surface area contributed by atoms with E-state index < -0.39 is 11.8 Å². The van der Waals surface area contributed by atoms with Gasteiger partial charge in [-0.15, -0.1) is 0 Å². The van der Waals surface area contributed by atoms with Crippen LogP contribution in [-0.4, -0.2) is 36.6 Å². The first kappa shape index (κ1) is 22.8. The molecule has 0 unspecified atom stereocenters. The SMILES string of the molecule is Cc1cc(Br)ccc1NC(=O)COc1ccc(Cl)cc1/C=N\NC(=O)C(=O)NC1CC1. The second kappa shape index (κ2) is 10.4. The largest absolute Gasteiger partial charge is 0.483 e. The van der Waals surface area contributed by atoms with Crippen molar-refractivity contribution in [2.75, 3.05) is 11.9 Å². The Morgan fingerprint density at radius 2 is 1.97 bits per heavy atom. The maximum absolute atomic E-state index is 12.3. The van der Waals surface area contributed by atoms with Crippen LogP contribution in [0.3, 0.4) is 0 Å². The summed E-state index contributed by atoms with van der Waals surface area (Å²) in [5, 5.41) is 9.54. The molecule has 1 aliphatic rings. The Kier molecular flexibility index (Phi) is 7.64. The molecule has 1 saturated carbocycles. The number of hydrogen-bond acceptors (Lipinski definition) is 5. The number of anilines is 1. The van der Waals surface area contributed by atoms with Crippen molar-refractivity contribution < 1.29 is 19.1 Å². The number of carbonyl (C=O) groups is 3. The highest BCUT2D eigenvalue weighted by Gasteiger charge is 2.26. The Hall–Kier alpha value is -2.91. The van der Waals surface area contributed by atoms with Gasteiger partial charge in [0.2, 0.25) is 0 Å². The summed E-state index contributed by atoms with van der Waals surface area (Å²) in [6.45, 7) is 1.64. The van der Waals surface area contributed by atoms with Gasteiger partial charge in [-0.2, -0.15) is 5.10 Å². The van der Waals surface area contributed by atoms with Crippen molar-refractivity contribution in [3.63, 3.8) is 0 Å². The molecule has 0 heterocycles. The number of nitrogens with zero attached hydrogens (tertiary/aromatic N) is 1. The molecule has 0 aliphatic heterocycles. The average Bonchev–Trinajstić information content (AvgIpc) is 3.53. The van der Waals surface area contributed by atoms with Crippen LogP contribution >= 0.6 is 27.5 Å². The fourth-order valence-corrected chi connectivity index (χ4v) is 3.19. The summed E-state index contributed by atoms with van der Waals surface area (Å²) in [5.41, 5.74) is 4.18. The molecular formula is C21H20BrClN4O4. The van der Waals surface area contributed by atoms with E-state index in [1.165, 1.54) is 6.21 Å². The number of halogens is 2. The van der Waals surface area contributed by atoms with Crippen molar-refractivity contribution in [3.05, 3.63) is 57.0 Å². The first-order chi connectivity index (χ1) is 14.8. The van der Waals surface area contributed by atoms with E-state index in [1.54, 1.807) is 24.3 Å². The fourth-order valence-electron chi connectivity index (χ4n) is 2.54. The lowest BCUT2D eigenvalue weighted by atomic mass is 10.2. The summed E-state index contributed by atoms with van der Waals surface area (Å²) in [5.74, 6) is -1.60. The highest BCUT2D eigenvalue weighted by Crippen LogP contribution is 2.23. The number of nitrogens with one attached hydrogen (secondary N) is 3. The predicted molar refractivity (Wildman–Crippen MR) is 121 cm³/mol. The number of hydrazone groups is 1. The quantitative estimate of drug-likeness (QED) is 0.304.